The maximum Gasteiger partial charge on any atom is 0.323 e. The fourth-order valence-corrected chi connectivity index (χ4v) is 1.77. The zero-order valence-corrected chi connectivity index (χ0v) is 10.9. The molecular formula is C11H16N2O6. The molecule has 0 amide bonds. The van der Waals surface area contributed by atoms with Crippen LogP contribution in [0.15, 0.2) is 6.07 Å². The van der Waals surface area contributed by atoms with Crippen LogP contribution >= 0.6 is 0 Å². The van der Waals surface area contributed by atoms with Gasteiger partial charge < -0.3 is 25.1 Å². The molecule has 1 aromatic rings. The number of nitrogens with zero attached hydrogens (tertiary/aromatic N) is 1. The van der Waals surface area contributed by atoms with Gasteiger partial charge in [-0.3, -0.25) is 10.1 Å². The van der Waals surface area contributed by atoms with Crippen LogP contribution in [0, 0.1) is 10.1 Å². The highest BCUT2D eigenvalue weighted by atomic mass is 16.6. The van der Waals surface area contributed by atoms with Gasteiger partial charge in [0.2, 0.25) is 5.75 Å². The number of nitrogens with two attached hydrogens (primary N) is 1. The zero-order valence-electron chi connectivity index (χ0n) is 10.9. The van der Waals surface area contributed by atoms with Crippen molar-refractivity contribution in [3.63, 3.8) is 0 Å². The van der Waals surface area contributed by atoms with E-state index in [1.54, 1.807) is 0 Å². The number of hydrogen-bond acceptors (Lipinski definition) is 7. The molecule has 0 spiro atoms. The molecule has 19 heavy (non-hydrogen) atoms. The summed E-state index contributed by atoms with van der Waals surface area (Å²) in [5, 5.41) is 20.4. The largest absolute Gasteiger partial charge is 0.496 e. The molecule has 1 atom stereocenters. The van der Waals surface area contributed by atoms with Crippen molar-refractivity contribution in [1.82, 2.24) is 0 Å². The van der Waals surface area contributed by atoms with E-state index in [1.807, 2.05) is 0 Å². The minimum Gasteiger partial charge on any atom is -0.496 e. The Morgan fingerprint density at radius 3 is 2.26 bits per heavy atom. The van der Waals surface area contributed by atoms with E-state index in [1.165, 1.54) is 27.4 Å². The first-order valence-corrected chi connectivity index (χ1v) is 5.35. The highest BCUT2D eigenvalue weighted by Gasteiger charge is 2.32. The number of rotatable bonds is 6. The average molecular weight is 272 g/mol. The molecular weight excluding hydrogens is 256 g/mol. The van der Waals surface area contributed by atoms with Gasteiger partial charge in [0.15, 0.2) is 5.75 Å². The Bertz CT molecular complexity index is 477. The van der Waals surface area contributed by atoms with E-state index in [-0.39, 0.29) is 28.5 Å². The molecule has 0 bridgehead atoms. The Morgan fingerprint density at radius 1 is 1.32 bits per heavy atom. The topological polar surface area (TPSA) is 117 Å². The van der Waals surface area contributed by atoms with Gasteiger partial charge in [0.25, 0.3) is 0 Å². The number of benzene rings is 1. The summed E-state index contributed by atoms with van der Waals surface area (Å²) >= 11 is 0. The van der Waals surface area contributed by atoms with Crippen molar-refractivity contribution >= 4 is 5.69 Å². The fourth-order valence-electron chi connectivity index (χ4n) is 1.77. The number of nitro groups is 1. The number of aliphatic hydroxyl groups is 1. The van der Waals surface area contributed by atoms with Crippen molar-refractivity contribution in [3.05, 3.63) is 21.7 Å². The maximum atomic E-state index is 11.2. The summed E-state index contributed by atoms with van der Waals surface area (Å²) in [6.07, 6.45) is 0. The molecule has 8 nitrogen and oxygen atoms in total. The molecule has 0 fully saturated rings. The van der Waals surface area contributed by atoms with Crippen molar-refractivity contribution in [1.29, 1.82) is 0 Å². The van der Waals surface area contributed by atoms with Gasteiger partial charge in [-0.25, -0.2) is 0 Å². The van der Waals surface area contributed by atoms with Crippen LogP contribution in [-0.2, 0) is 0 Å². The van der Waals surface area contributed by atoms with Crippen LogP contribution in [0.2, 0.25) is 0 Å². The third-order valence-corrected chi connectivity index (χ3v) is 2.62. The van der Waals surface area contributed by atoms with Crippen LogP contribution in [0.3, 0.4) is 0 Å². The Labute approximate surface area is 109 Å². The first kappa shape index (κ1) is 15.0. The maximum absolute atomic E-state index is 11.2. The van der Waals surface area contributed by atoms with Gasteiger partial charge in [0, 0.05) is 6.07 Å². The number of hydrogen-bond donors (Lipinski definition) is 2. The minimum absolute atomic E-state index is 0.0626. The van der Waals surface area contributed by atoms with E-state index >= 15 is 0 Å². The van der Waals surface area contributed by atoms with Crippen molar-refractivity contribution < 1.29 is 24.2 Å². The van der Waals surface area contributed by atoms with E-state index in [4.69, 9.17) is 25.1 Å². The van der Waals surface area contributed by atoms with Crippen LogP contribution in [0.5, 0.6) is 17.2 Å². The van der Waals surface area contributed by atoms with Crippen LogP contribution in [-0.4, -0.2) is 38.0 Å². The van der Waals surface area contributed by atoms with Gasteiger partial charge in [-0.1, -0.05) is 0 Å². The Hall–Kier alpha value is -2.06. The quantitative estimate of drug-likeness (QED) is 0.575. The van der Waals surface area contributed by atoms with Gasteiger partial charge in [-0.2, -0.15) is 0 Å². The molecule has 0 saturated heterocycles. The van der Waals surface area contributed by atoms with Gasteiger partial charge in [0.05, 0.1) is 44.5 Å². The predicted octanol–water partition coefficient (Wildman–Crippen LogP) is 0.613. The molecule has 1 aromatic carbocycles. The fraction of sp³-hybridized carbons (Fsp3) is 0.455. The molecule has 1 rings (SSSR count). The molecule has 0 aliphatic rings. The van der Waals surface area contributed by atoms with Crippen molar-refractivity contribution in [3.8, 4) is 17.2 Å². The molecule has 0 radical (unpaired) electrons. The monoisotopic (exact) mass is 272 g/mol. The second-order valence-electron chi connectivity index (χ2n) is 3.62. The Morgan fingerprint density at radius 2 is 1.89 bits per heavy atom. The lowest BCUT2D eigenvalue weighted by Crippen LogP contribution is -2.18. The highest BCUT2D eigenvalue weighted by molar-refractivity contribution is 5.66. The molecule has 0 aromatic heterocycles. The second kappa shape index (κ2) is 6.21. The van der Waals surface area contributed by atoms with Gasteiger partial charge in [-0.15, -0.1) is 0 Å². The van der Waals surface area contributed by atoms with E-state index in [9.17, 15) is 10.1 Å². The lowest BCUT2D eigenvalue weighted by molar-refractivity contribution is -0.386. The molecule has 0 unspecified atom stereocenters. The van der Waals surface area contributed by atoms with Crippen molar-refractivity contribution in [2.45, 2.75) is 6.04 Å². The SMILES string of the molecule is COc1cc(OC)c([C@@H](N)CO)c([N+](=O)[O-])c1OC. The van der Waals surface area contributed by atoms with Gasteiger partial charge in [0.1, 0.15) is 5.75 Å². The summed E-state index contributed by atoms with van der Waals surface area (Å²) in [6.45, 7) is -0.466. The Kier molecular flexibility index (Phi) is 4.90. The van der Waals surface area contributed by atoms with E-state index in [0.717, 1.165) is 0 Å². The van der Waals surface area contributed by atoms with E-state index < -0.39 is 17.6 Å². The second-order valence-corrected chi connectivity index (χ2v) is 3.62. The third-order valence-electron chi connectivity index (χ3n) is 2.62. The number of nitro benzene ring substituents is 1. The van der Waals surface area contributed by atoms with E-state index in [2.05, 4.69) is 0 Å². The molecule has 106 valence electrons. The summed E-state index contributed by atoms with van der Waals surface area (Å²) in [5.41, 5.74) is 5.38. The molecule has 8 heteroatoms. The molecule has 0 aliphatic carbocycles. The number of aliphatic hydroxyl groups excluding tert-OH is 1. The molecule has 0 aliphatic heterocycles. The lowest BCUT2D eigenvalue weighted by Gasteiger charge is -2.17. The van der Waals surface area contributed by atoms with Crippen molar-refractivity contribution in [2.24, 2.45) is 5.73 Å². The zero-order chi connectivity index (χ0) is 14.6. The average Bonchev–Trinajstić information content (AvgIpc) is 2.43. The molecule has 0 saturated carbocycles. The van der Waals surface area contributed by atoms with Crippen molar-refractivity contribution in [2.75, 3.05) is 27.9 Å². The highest BCUT2D eigenvalue weighted by Crippen LogP contribution is 2.46. The lowest BCUT2D eigenvalue weighted by atomic mass is 10.0. The first-order valence-electron chi connectivity index (χ1n) is 5.35. The van der Waals surface area contributed by atoms with Crippen LogP contribution in [0.25, 0.3) is 0 Å². The molecule has 3 N–H and O–H groups in total. The summed E-state index contributed by atoms with van der Waals surface area (Å²) in [6, 6.07) is 0.464. The number of ether oxygens (including phenoxy) is 3. The predicted molar refractivity (Wildman–Crippen MR) is 66.8 cm³/mol. The Balaban J connectivity index is 3.70. The van der Waals surface area contributed by atoms with Crippen LogP contribution in [0.1, 0.15) is 11.6 Å². The van der Waals surface area contributed by atoms with Crippen LogP contribution in [0.4, 0.5) is 5.69 Å². The standard InChI is InChI=1S/C11H16N2O6/c1-17-7-4-8(18-2)11(19-3)10(13(15)16)9(7)6(12)5-14/h4,6,14H,5,12H2,1-3H3/t6-/m0/s1. The van der Waals surface area contributed by atoms with E-state index in [0.29, 0.717) is 0 Å². The summed E-state index contributed by atoms with van der Waals surface area (Å²) < 4.78 is 15.1. The number of methoxy groups -OCH3 is 3. The third kappa shape index (κ3) is 2.69. The van der Waals surface area contributed by atoms with Gasteiger partial charge in [-0.05, 0) is 0 Å². The van der Waals surface area contributed by atoms with Gasteiger partial charge >= 0.3 is 5.69 Å². The summed E-state index contributed by atoms with van der Waals surface area (Å²) in [4.78, 5) is 10.6. The minimum atomic E-state index is -0.963. The molecule has 0 heterocycles. The summed E-state index contributed by atoms with van der Waals surface area (Å²) in [5.74, 6) is 0.248. The van der Waals surface area contributed by atoms with Crippen LogP contribution < -0.4 is 19.9 Å². The summed E-state index contributed by atoms with van der Waals surface area (Å²) in [7, 11) is 3.98. The first-order chi connectivity index (χ1) is 9.01. The normalized spacial score (nSPS) is 11.8. The smallest absolute Gasteiger partial charge is 0.323 e.